The van der Waals surface area contributed by atoms with Crippen LogP contribution in [-0.4, -0.2) is 28.7 Å². The molecule has 1 saturated carbocycles. The zero-order chi connectivity index (χ0) is 17.1. The van der Waals surface area contributed by atoms with E-state index in [9.17, 15) is 14.4 Å². The highest BCUT2D eigenvalue weighted by atomic mass is 16.5. The molecule has 2 N–H and O–H groups in total. The minimum atomic E-state index is -1.02. The van der Waals surface area contributed by atoms with Crippen LogP contribution in [0.5, 0.6) is 0 Å². The molecule has 0 radical (unpaired) electrons. The summed E-state index contributed by atoms with van der Waals surface area (Å²) in [5.74, 6) is -1.17. The van der Waals surface area contributed by atoms with Gasteiger partial charge in [-0.2, -0.15) is 0 Å². The van der Waals surface area contributed by atoms with E-state index in [0.29, 0.717) is 11.1 Å². The van der Waals surface area contributed by atoms with Crippen molar-refractivity contribution in [2.24, 2.45) is 0 Å². The molecule has 0 aliphatic heterocycles. The number of hydrogen-bond donors (Lipinski definition) is 2. The first-order chi connectivity index (χ1) is 11.5. The first-order valence-electron chi connectivity index (χ1n) is 7.80. The van der Waals surface area contributed by atoms with Gasteiger partial charge in [-0.25, -0.2) is 4.79 Å². The third kappa shape index (κ3) is 3.71. The number of amides is 1. The van der Waals surface area contributed by atoms with E-state index in [1.807, 2.05) is 6.07 Å². The number of H-pyrrole nitrogens is 1. The Kier molecular flexibility index (Phi) is 4.46. The maximum absolute atomic E-state index is 12.4. The fourth-order valence-corrected chi connectivity index (χ4v) is 2.29. The molecule has 2 aromatic rings. The maximum atomic E-state index is 12.4. The largest absolute Gasteiger partial charge is 0.443 e. The van der Waals surface area contributed by atoms with Gasteiger partial charge in [-0.1, -0.05) is 30.3 Å². The van der Waals surface area contributed by atoms with Crippen LogP contribution in [0.25, 0.3) is 0 Å². The van der Waals surface area contributed by atoms with Crippen LogP contribution in [0.15, 0.2) is 42.6 Å². The Morgan fingerprint density at radius 2 is 1.92 bits per heavy atom. The van der Waals surface area contributed by atoms with Crippen molar-refractivity contribution in [3.05, 3.63) is 59.4 Å². The maximum Gasteiger partial charge on any atom is 0.355 e. The third-order valence-corrected chi connectivity index (χ3v) is 3.80. The Bertz CT molecular complexity index is 762. The van der Waals surface area contributed by atoms with E-state index in [-0.39, 0.29) is 23.4 Å². The standard InChI is InChI=1S/C18H18N2O4/c1-11(21)13-9-15(19-10-13)18(23)24-16(12-5-3-2-4-6-12)17(22)20-14-7-8-14/h2-6,9-10,14,16,19H,7-8H2,1H3,(H,20,22)/t16-/m1/s1. The highest BCUT2D eigenvalue weighted by Gasteiger charge is 2.31. The SMILES string of the molecule is CC(=O)c1c[nH]c(C(=O)O[C@@H](C(=O)NC2CC2)c2ccccc2)c1. The second kappa shape index (κ2) is 6.70. The molecule has 24 heavy (non-hydrogen) atoms. The molecule has 0 saturated heterocycles. The Morgan fingerprint density at radius 3 is 2.50 bits per heavy atom. The van der Waals surface area contributed by atoms with Crippen LogP contribution in [0, 0.1) is 0 Å². The Balaban J connectivity index is 1.78. The van der Waals surface area contributed by atoms with E-state index in [2.05, 4.69) is 10.3 Å². The minimum Gasteiger partial charge on any atom is -0.443 e. The number of nitrogens with one attached hydrogen (secondary N) is 2. The van der Waals surface area contributed by atoms with Gasteiger partial charge in [0.05, 0.1) is 0 Å². The molecule has 0 unspecified atom stereocenters. The van der Waals surface area contributed by atoms with E-state index in [0.717, 1.165) is 12.8 Å². The number of Topliss-reactive ketones (excluding diaryl/α,β-unsaturated/α-hetero) is 1. The average molecular weight is 326 g/mol. The molecule has 1 fully saturated rings. The molecule has 124 valence electrons. The molecule has 1 atom stereocenters. The number of benzene rings is 1. The van der Waals surface area contributed by atoms with Crippen molar-refractivity contribution < 1.29 is 19.1 Å². The van der Waals surface area contributed by atoms with E-state index in [4.69, 9.17) is 4.74 Å². The number of ether oxygens (including phenoxy) is 1. The quantitative estimate of drug-likeness (QED) is 0.630. The molecule has 6 nitrogen and oxygen atoms in total. The van der Waals surface area contributed by atoms with E-state index in [1.165, 1.54) is 19.2 Å². The molecule has 1 aliphatic carbocycles. The summed E-state index contributed by atoms with van der Waals surface area (Å²) in [5.41, 5.74) is 1.13. The predicted molar refractivity (Wildman–Crippen MR) is 86.6 cm³/mol. The van der Waals surface area contributed by atoms with E-state index < -0.39 is 12.1 Å². The smallest absolute Gasteiger partial charge is 0.355 e. The van der Waals surface area contributed by atoms with Crippen molar-refractivity contribution in [2.75, 3.05) is 0 Å². The molecular weight excluding hydrogens is 308 g/mol. The summed E-state index contributed by atoms with van der Waals surface area (Å²) in [4.78, 5) is 38.8. The lowest BCUT2D eigenvalue weighted by molar-refractivity contribution is -0.130. The topological polar surface area (TPSA) is 88.3 Å². The fraction of sp³-hybridized carbons (Fsp3) is 0.278. The lowest BCUT2D eigenvalue weighted by Gasteiger charge is -2.17. The predicted octanol–water partition coefficient (Wildman–Crippen LogP) is 2.39. The zero-order valence-electron chi connectivity index (χ0n) is 13.2. The lowest BCUT2D eigenvalue weighted by Crippen LogP contribution is -2.33. The van der Waals surface area contributed by atoms with Crippen molar-refractivity contribution in [3.8, 4) is 0 Å². The number of ketones is 1. The van der Waals surface area contributed by atoms with Gasteiger partial charge in [0.1, 0.15) is 5.69 Å². The molecule has 1 aliphatic rings. The van der Waals surface area contributed by atoms with Crippen LogP contribution < -0.4 is 5.32 Å². The van der Waals surface area contributed by atoms with Gasteiger partial charge in [-0.15, -0.1) is 0 Å². The summed E-state index contributed by atoms with van der Waals surface area (Å²) in [6, 6.07) is 10.4. The molecule has 1 amide bonds. The van der Waals surface area contributed by atoms with Crippen molar-refractivity contribution in [1.29, 1.82) is 0 Å². The second-order valence-corrected chi connectivity index (χ2v) is 5.84. The molecular formula is C18H18N2O4. The first kappa shape index (κ1) is 16.0. The number of hydrogen-bond acceptors (Lipinski definition) is 4. The Hall–Kier alpha value is -2.89. The van der Waals surface area contributed by atoms with E-state index in [1.54, 1.807) is 24.3 Å². The molecule has 0 bridgehead atoms. The number of aromatic nitrogens is 1. The van der Waals surface area contributed by atoms with Crippen molar-refractivity contribution in [1.82, 2.24) is 10.3 Å². The third-order valence-electron chi connectivity index (χ3n) is 3.80. The number of carbonyl (C=O) groups excluding carboxylic acids is 3. The summed E-state index contributed by atoms with van der Waals surface area (Å²) in [5, 5.41) is 2.85. The monoisotopic (exact) mass is 326 g/mol. The van der Waals surface area contributed by atoms with Gasteiger partial charge >= 0.3 is 5.97 Å². The van der Waals surface area contributed by atoms with Crippen LogP contribution in [-0.2, 0) is 9.53 Å². The van der Waals surface area contributed by atoms with Crippen molar-refractivity contribution >= 4 is 17.7 Å². The molecule has 1 heterocycles. The number of rotatable bonds is 6. The zero-order valence-corrected chi connectivity index (χ0v) is 13.2. The summed E-state index contributed by atoms with van der Waals surface area (Å²) in [6.45, 7) is 1.41. The van der Waals surface area contributed by atoms with Gasteiger partial charge in [0, 0.05) is 23.4 Å². The first-order valence-corrected chi connectivity index (χ1v) is 7.80. The number of aromatic amines is 1. The fourth-order valence-electron chi connectivity index (χ4n) is 2.29. The summed E-state index contributed by atoms with van der Waals surface area (Å²) in [6.07, 6.45) is 2.31. The average Bonchev–Trinajstić information content (AvgIpc) is 3.24. The second-order valence-electron chi connectivity index (χ2n) is 5.84. The Labute approximate surface area is 139 Å². The van der Waals surface area contributed by atoms with Gasteiger partial charge in [0.15, 0.2) is 5.78 Å². The molecule has 6 heteroatoms. The lowest BCUT2D eigenvalue weighted by atomic mass is 10.1. The van der Waals surface area contributed by atoms with Gasteiger partial charge in [-0.05, 0) is 25.8 Å². The molecule has 3 rings (SSSR count). The van der Waals surface area contributed by atoms with Crippen LogP contribution in [0.1, 0.15) is 52.3 Å². The number of carbonyl (C=O) groups is 3. The van der Waals surface area contributed by atoms with Crippen LogP contribution in [0.3, 0.4) is 0 Å². The molecule has 1 aromatic carbocycles. The molecule has 0 spiro atoms. The van der Waals surface area contributed by atoms with Gasteiger partial charge in [0.2, 0.25) is 6.10 Å². The summed E-state index contributed by atoms with van der Waals surface area (Å²) < 4.78 is 5.41. The molecule has 1 aromatic heterocycles. The number of esters is 1. The highest BCUT2D eigenvalue weighted by Crippen LogP contribution is 2.24. The van der Waals surface area contributed by atoms with Crippen LogP contribution >= 0.6 is 0 Å². The van der Waals surface area contributed by atoms with E-state index >= 15 is 0 Å². The summed E-state index contributed by atoms with van der Waals surface area (Å²) >= 11 is 0. The van der Waals surface area contributed by atoms with Gasteiger partial charge in [-0.3, -0.25) is 9.59 Å². The summed E-state index contributed by atoms with van der Waals surface area (Å²) in [7, 11) is 0. The normalized spacial score (nSPS) is 14.7. The van der Waals surface area contributed by atoms with Crippen molar-refractivity contribution in [2.45, 2.75) is 31.9 Å². The highest BCUT2D eigenvalue weighted by molar-refractivity contribution is 5.98. The minimum absolute atomic E-state index is 0.139. The van der Waals surface area contributed by atoms with Crippen molar-refractivity contribution in [3.63, 3.8) is 0 Å². The van der Waals surface area contributed by atoms with Gasteiger partial charge in [0.25, 0.3) is 5.91 Å². The Morgan fingerprint density at radius 1 is 1.21 bits per heavy atom. The van der Waals surface area contributed by atoms with Gasteiger partial charge < -0.3 is 15.0 Å². The van der Waals surface area contributed by atoms with Crippen LogP contribution in [0.4, 0.5) is 0 Å². The van der Waals surface area contributed by atoms with Crippen LogP contribution in [0.2, 0.25) is 0 Å².